The third kappa shape index (κ3) is 3.93. The first-order valence-corrected chi connectivity index (χ1v) is 10.2. The normalized spacial score (nSPS) is 16.0. The van der Waals surface area contributed by atoms with Crippen molar-refractivity contribution in [1.82, 2.24) is 34.2 Å². The van der Waals surface area contributed by atoms with Gasteiger partial charge in [-0.15, -0.1) is 0 Å². The van der Waals surface area contributed by atoms with E-state index in [1.807, 2.05) is 36.0 Å². The van der Waals surface area contributed by atoms with Crippen LogP contribution in [0, 0.1) is 11.3 Å². The van der Waals surface area contributed by atoms with Crippen molar-refractivity contribution in [3.8, 4) is 28.8 Å². The van der Waals surface area contributed by atoms with Gasteiger partial charge in [0.05, 0.1) is 36.6 Å². The van der Waals surface area contributed by atoms with E-state index in [-0.39, 0.29) is 19.5 Å². The summed E-state index contributed by atoms with van der Waals surface area (Å²) in [5.74, 6) is 0. The van der Waals surface area contributed by atoms with E-state index in [1.165, 1.54) is 4.90 Å². The quantitative estimate of drug-likeness (QED) is 0.461. The second kappa shape index (κ2) is 7.67. The Labute approximate surface area is 186 Å². The zero-order valence-corrected chi connectivity index (χ0v) is 17.7. The van der Waals surface area contributed by atoms with Gasteiger partial charge in [0, 0.05) is 44.1 Å². The summed E-state index contributed by atoms with van der Waals surface area (Å²) in [5.41, 5.74) is 2.40. The minimum absolute atomic E-state index is 0.0617. The lowest BCUT2D eigenvalue weighted by Gasteiger charge is -2.49. The molecule has 168 valence electrons. The molecule has 4 aromatic rings. The lowest BCUT2D eigenvalue weighted by molar-refractivity contribution is -0.167. The fourth-order valence-electron chi connectivity index (χ4n) is 4.30. The van der Waals surface area contributed by atoms with E-state index in [1.54, 1.807) is 29.5 Å². The molecule has 0 atom stereocenters. The lowest BCUT2D eigenvalue weighted by Crippen LogP contribution is -2.64. The van der Waals surface area contributed by atoms with Gasteiger partial charge in [0.1, 0.15) is 22.6 Å². The monoisotopic (exact) mass is 452 g/mol. The molecule has 1 aliphatic rings. The molecule has 4 aromatic heterocycles. The van der Waals surface area contributed by atoms with Crippen LogP contribution in [-0.4, -0.2) is 60.0 Å². The van der Waals surface area contributed by atoms with Crippen LogP contribution in [0.4, 0.5) is 13.2 Å². The molecule has 0 aromatic carbocycles. The molecule has 0 bridgehead atoms. The highest BCUT2D eigenvalue weighted by atomic mass is 19.4. The highest BCUT2D eigenvalue weighted by Gasteiger charge is 2.48. The number of likely N-dealkylation sites (tertiary alicyclic amines) is 1. The number of halogens is 3. The standard InChI is InChI=1S/C22H19F3N8/c1-31-10-19(28-14-31)18-9-17-15(3-2-7-27-17)20(29-18)16-4-8-33(30-16)21(5-6-26)11-32(12-21)13-22(23,24)25/h2-4,7-10,14H,5,11-13H2,1H3. The number of hydrogen-bond acceptors (Lipinski definition) is 6. The Kier molecular flexibility index (Phi) is 4.90. The summed E-state index contributed by atoms with van der Waals surface area (Å²) >= 11 is 0. The zero-order valence-electron chi connectivity index (χ0n) is 17.7. The van der Waals surface area contributed by atoms with Crippen molar-refractivity contribution in [2.24, 2.45) is 7.05 Å². The Balaban J connectivity index is 1.53. The third-order valence-electron chi connectivity index (χ3n) is 5.73. The predicted octanol–water partition coefficient (Wildman–Crippen LogP) is 3.38. The van der Waals surface area contributed by atoms with Crippen molar-refractivity contribution < 1.29 is 13.2 Å². The van der Waals surface area contributed by atoms with Crippen molar-refractivity contribution in [3.05, 3.63) is 49.2 Å². The van der Waals surface area contributed by atoms with E-state index >= 15 is 0 Å². The van der Waals surface area contributed by atoms with Crippen LogP contribution in [0.15, 0.2) is 49.2 Å². The number of nitrogens with zero attached hydrogens (tertiary/aromatic N) is 8. The Morgan fingerprint density at radius 3 is 2.67 bits per heavy atom. The number of rotatable bonds is 5. The van der Waals surface area contributed by atoms with E-state index in [4.69, 9.17) is 4.98 Å². The number of aryl methyl sites for hydroxylation is 1. The van der Waals surface area contributed by atoms with Crippen molar-refractivity contribution in [1.29, 1.82) is 5.26 Å². The van der Waals surface area contributed by atoms with Gasteiger partial charge in [-0.05, 0) is 24.3 Å². The molecular formula is C22H19F3N8. The second-order valence-corrected chi connectivity index (χ2v) is 8.32. The molecule has 0 spiro atoms. The second-order valence-electron chi connectivity index (χ2n) is 8.32. The minimum atomic E-state index is -4.28. The van der Waals surface area contributed by atoms with Crippen LogP contribution in [0.2, 0.25) is 0 Å². The van der Waals surface area contributed by atoms with Gasteiger partial charge in [0.25, 0.3) is 0 Å². The summed E-state index contributed by atoms with van der Waals surface area (Å²) in [7, 11) is 1.87. The highest BCUT2D eigenvalue weighted by Crippen LogP contribution is 2.36. The molecular weight excluding hydrogens is 433 g/mol. The molecule has 5 heterocycles. The summed E-state index contributed by atoms with van der Waals surface area (Å²) in [5, 5.41) is 14.8. The molecule has 11 heteroatoms. The molecule has 1 saturated heterocycles. The molecule has 0 radical (unpaired) electrons. The van der Waals surface area contributed by atoms with E-state index in [0.717, 1.165) is 10.9 Å². The number of hydrogen-bond donors (Lipinski definition) is 0. The number of fused-ring (bicyclic) bond motifs is 1. The third-order valence-corrected chi connectivity index (χ3v) is 5.73. The van der Waals surface area contributed by atoms with Crippen molar-refractivity contribution in [3.63, 3.8) is 0 Å². The van der Waals surface area contributed by atoms with E-state index in [0.29, 0.717) is 22.8 Å². The number of pyridine rings is 2. The maximum atomic E-state index is 12.8. The molecule has 0 saturated carbocycles. The zero-order chi connectivity index (χ0) is 23.2. The van der Waals surface area contributed by atoms with Crippen LogP contribution in [-0.2, 0) is 12.6 Å². The number of alkyl halides is 3. The smallest absolute Gasteiger partial charge is 0.340 e. The maximum absolute atomic E-state index is 12.8. The first kappa shape index (κ1) is 21.1. The van der Waals surface area contributed by atoms with Gasteiger partial charge in [-0.1, -0.05) is 0 Å². The van der Waals surface area contributed by atoms with Crippen molar-refractivity contribution >= 4 is 10.9 Å². The maximum Gasteiger partial charge on any atom is 0.401 e. The Bertz CT molecular complexity index is 1360. The molecule has 0 unspecified atom stereocenters. The SMILES string of the molecule is Cn1cnc(-c2cc3ncccc3c(-c3ccn(C4(CC#N)CN(CC(F)(F)F)C4)n3)n2)c1. The van der Waals surface area contributed by atoms with Crippen molar-refractivity contribution in [2.45, 2.75) is 18.1 Å². The topological polar surface area (TPSA) is 88.5 Å². The summed E-state index contributed by atoms with van der Waals surface area (Å²) in [4.78, 5) is 14.9. The first-order valence-electron chi connectivity index (χ1n) is 10.2. The largest absolute Gasteiger partial charge is 0.401 e. The molecule has 1 fully saturated rings. The van der Waals surface area contributed by atoms with Gasteiger partial charge in [-0.25, -0.2) is 9.97 Å². The van der Waals surface area contributed by atoms with Crippen LogP contribution in [0.3, 0.4) is 0 Å². The van der Waals surface area contributed by atoms with E-state index < -0.39 is 18.3 Å². The summed E-state index contributed by atoms with van der Waals surface area (Å²) < 4.78 is 41.7. The fourth-order valence-corrected chi connectivity index (χ4v) is 4.30. The number of nitriles is 1. The summed E-state index contributed by atoms with van der Waals surface area (Å²) in [6.45, 7) is -0.798. The lowest BCUT2D eigenvalue weighted by atomic mass is 9.87. The van der Waals surface area contributed by atoms with Crippen LogP contribution in [0.25, 0.3) is 33.7 Å². The summed E-state index contributed by atoms with van der Waals surface area (Å²) in [6.07, 6.45) is 2.71. The van der Waals surface area contributed by atoms with Crippen molar-refractivity contribution in [2.75, 3.05) is 19.6 Å². The molecule has 33 heavy (non-hydrogen) atoms. The average molecular weight is 452 g/mol. The molecule has 0 amide bonds. The van der Waals surface area contributed by atoms with Gasteiger partial charge >= 0.3 is 6.18 Å². The predicted molar refractivity (Wildman–Crippen MR) is 114 cm³/mol. The van der Waals surface area contributed by atoms with Crippen LogP contribution in [0.1, 0.15) is 6.42 Å². The molecule has 0 N–H and O–H groups in total. The Hall–Kier alpha value is -3.78. The average Bonchev–Trinajstić information content (AvgIpc) is 3.40. The Morgan fingerprint density at radius 2 is 1.97 bits per heavy atom. The van der Waals surface area contributed by atoms with E-state index in [9.17, 15) is 18.4 Å². The molecule has 5 rings (SSSR count). The number of imidazole rings is 1. The fraction of sp³-hybridized carbons (Fsp3) is 0.318. The van der Waals surface area contributed by atoms with Gasteiger partial charge < -0.3 is 4.57 Å². The van der Waals surface area contributed by atoms with Crippen LogP contribution >= 0.6 is 0 Å². The summed E-state index contributed by atoms with van der Waals surface area (Å²) in [6, 6.07) is 9.43. The van der Waals surface area contributed by atoms with Gasteiger partial charge in [0.2, 0.25) is 0 Å². The highest BCUT2D eigenvalue weighted by molar-refractivity contribution is 5.93. The first-order chi connectivity index (χ1) is 15.8. The van der Waals surface area contributed by atoms with Crippen LogP contribution < -0.4 is 0 Å². The molecule has 8 nitrogen and oxygen atoms in total. The number of aromatic nitrogens is 6. The Morgan fingerprint density at radius 1 is 1.15 bits per heavy atom. The molecule has 0 aliphatic carbocycles. The molecule has 1 aliphatic heterocycles. The van der Waals surface area contributed by atoms with Gasteiger partial charge in [-0.3, -0.25) is 14.6 Å². The van der Waals surface area contributed by atoms with Gasteiger partial charge in [0.15, 0.2) is 0 Å². The van der Waals surface area contributed by atoms with Crippen LogP contribution in [0.5, 0.6) is 0 Å². The van der Waals surface area contributed by atoms with Gasteiger partial charge in [-0.2, -0.15) is 23.5 Å². The van der Waals surface area contributed by atoms with E-state index in [2.05, 4.69) is 21.1 Å². The minimum Gasteiger partial charge on any atom is -0.340 e.